The van der Waals surface area contributed by atoms with Crippen LogP contribution in [0.1, 0.15) is 53.4 Å². The standard InChI is InChI=1S/C18H30N2O/c1-5-10(4)15-18(21)20(17(19-15)9(2)3)16-13-11-6-7-12(8-11)14(13)16/h9-17,19H,5-8H2,1-4H3. The molecule has 0 radical (unpaired) electrons. The Kier molecular flexibility index (Phi) is 3.15. The summed E-state index contributed by atoms with van der Waals surface area (Å²) in [4.78, 5) is 15.3. The molecule has 0 aromatic heterocycles. The number of hydrogen-bond acceptors (Lipinski definition) is 2. The molecule has 1 N–H and O–H groups in total. The second-order valence-electron chi connectivity index (χ2n) is 8.44. The summed E-state index contributed by atoms with van der Waals surface area (Å²) in [7, 11) is 0. The van der Waals surface area contributed by atoms with Crippen LogP contribution < -0.4 is 5.32 Å². The molecule has 4 rings (SSSR count). The van der Waals surface area contributed by atoms with E-state index in [-0.39, 0.29) is 12.2 Å². The third-order valence-corrected chi connectivity index (χ3v) is 7.03. The third-order valence-electron chi connectivity index (χ3n) is 7.03. The van der Waals surface area contributed by atoms with Crippen LogP contribution in [0.25, 0.3) is 0 Å². The van der Waals surface area contributed by atoms with Gasteiger partial charge in [0.25, 0.3) is 0 Å². The van der Waals surface area contributed by atoms with E-state index in [1.807, 2.05) is 0 Å². The molecule has 0 aromatic rings. The summed E-state index contributed by atoms with van der Waals surface area (Å²) in [6, 6.07) is 0.638. The number of carbonyl (C=O) groups excluding carboxylic acids is 1. The molecule has 3 saturated carbocycles. The van der Waals surface area contributed by atoms with E-state index < -0.39 is 0 Å². The minimum absolute atomic E-state index is 0.0568. The van der Waals surface area contributed by atoms with Crippen LogP contribution in [0.5, 0.6) is 0 Å². The van der Waals surface area contributed by atoms with Crippen molar-refractivity contribution in [2.75, 3.05) is 0 Å². The molecule has 1 saturated heterocycles. The number of hydrogen-bond donors (Lipinski definition) is 1. The molecule has 3 aliphatic carbocycles. The molecule has 7 atom stereocenters. The van der Waals surface area contributed by atoms with Gasteiger partial charge in [0.05, 0.1) is 12.2 Å². The summed E-state index contributed by atoms with van der Waals surface area (Å²) < 4.78 is 0. The fraction of sp³-hybridized carbons (Fsp3) is 0.944. The van der Waals surface area contributed by atoms with Crippen molar-refractivity contribution in [2.24, 2.45) is 35.5 Å². The number of fused-ring (bicyclic) bond motifs is 5. The van der Waals surface area contributed by atoms with E-state index in [1.54, 1.807) is 0 Å². The highest BCUT2D eigenvalue weighted by Gasteiger charge is 2.69. The van der Waals surface area contributed by atoms with Gasteiger partial charge in [-0.3, -0.25) is 10.1 Å². The average Bonchev–Trinajstić information content (AvgIpc) is 2.79. The normalized spacial score (nSPS) is 49.1. The number of rotatable bonds is 4. The van der Waals surface area contributed by atoms with E-state index in [2.05, 4.69) is 37.9 Å². The van der Waals surface area contributed by atoms with Crippen LogP contribution in [0.3, 0.4) is 0 Å². The van der Waals surface area contributed by atoms with Crippen LogP contribution in [0.2, 0.25) is 0 Å². The van der Waals surface area contributed by atoms with Gasteiger partial charge in [0.15, 0.2) is 0 Å². The van der Waals surface area contributed by atoms with Crippen molar-refractivity contribution in [3.05, 3.63) is 0 Å². The summed E-state index contributed by atoms with van der Waals surface area (Å²) in [5.41, 5.74) is 0. The molecule has 3 heteroatoms. The van der Waals surface area contributed by atoms with Gasteiger partial charge in [-0.05, 0) is 54.8 Å². The Hall–Kier alpha value is -0.570. The first kappa shape index (κ1) is 14.0. The number of nitrogens with zero attached hydrogens (tertiary/aromatic N) is 1. The van der Waals surface area contributed by atoms with Gasteiger partial charge in [-0.2, -0.15) is 0 Å². The van der Waals surface area contributed by atoms with Gasteiger partial charge in [0.2, 0.25) is 5.91 Å². The molecule has 1 heterocycles. The Morgan fingerprint density at radius 1 is 1.19 bits per heavy atom. The molecule has 4 aliphatic rings. The van der Waals surface area contributed by atoms with Gasteiger partial charge in [0, 0.05) is 6.04 Å². The Balaban J connectivity index is 1.57. The fourth-order valence-electron chi connectivity index (χ4n) is 5.77. The van der Waals surface area contributed by atoms with Crippen molar-refractivity contribution in [3.63, 3.8) is 0 Å². The molecule has 21 heavy (non-hydrogen) atoms. The lowest BCUT2D eigenvalue weighted by atomic mass is 9.99. The van der Waals surface area contributed by atoms with Crippen molar-refractivity contribution in [1.29, 1.82) is 0 Å². The fourth-order valence-corrected chi connectivity index (χ4v) is 5.77. The maximum absolute atomic E-state index is 13.0. The highest BCUT2D eigenvalue weighted by Crippen LogP contribution is 2.67. The minimum Gasteiger partial charge on any atom is -0.322 e. The molecule has 3 nitrogen and oxygen atoms in total. The zero-order chi connectivity index (χ0) is 14.9. The topological polar surface area (TPSA) is 32.3 Å². The van der Waals surface area contributed by atoms with Gasteiger partial charge >= 0.3 is 0 Å². The largest absolute Gasteiger partial charge is 0.322 e. The van der Waals surface area contributed by atoms with Crippen LogP contribution in [0.4, 0.5) is 0 Å². The quantitative estimate of drug-likeness (QED) is 0.863. The highest BCUT2D eigenvalue weighted by atomic mass is 16.2. The Bertz CT molecular complexity index is 432. The molecule has 7 unspecified atom stereocenters. The first-order valence-corrected chi connectivity index (χ1v) is 9.12. The van der Waals surface area contributed by atoms with E-state index in [0.717, 1.165) is 30.1 Å². The van der Waals surface area contributed by atoms with E-state index in [0.29, 0.717) is 23.8 Å². The van der Waals surface area contributed by atoms with E-state index in [4.69, 9.17) is 0 Å². The second-order valence-corrected chi connectivity index (χ2v) is 8.44. The summed E-state index contributed by atoms with van der Waals surface area (Å²) in [6.07, 6.45) is 5.66. The predicted octanol–water partition coefficient (Wildman–Crippen LogP) is 2.86. The maximum atomic E-state index is 13.0. The summed E-state index contributed by atoms with van der Waals surface area (Å²) >= 11 is 0. The van der Waals surface area contributed by atoms with Crippen molar-refractivity contribution in [2.45, 2.75) is 71.6 Å². The molecular weight excluding hydrogens is 260 g/mol. The molecule has 4 fully saturated rings. The summed E-state index contributed by atoms with van der Waals surface area (Å²) in [5, 5.41) is 3.68. The van der Waals surface area contributed by atoms with Crippen molar-refractivity contribution < 1.29 is 4.79 Å². The minimum atomic E-state index is 0.0568. The van der Waals surface area contributed by atoms with E-state index >= 15 is 0 Å². The van der Waals surface area contributed by atoms with Gasteiger partial charge in [-0.15, -0.1) is 0 Å². The maximum Gasteiger partial charge on any atom is 0.241 e. The SMILES string of the molecule is CCC(C)C1NC(C(C)C)N(C2C3C4CCC(C4)C32)C1=O. The monoisotopic (exact) mass is 290 g/mol. The number of amides is 1. The van der Waals surface area contributed by atoms with Gasteiger partial charge in [0.1, 0.15) is 0 Å². The van der Waals surface area contributed by atoms with Gasteiger partial charge in [-0.1, -0.05) is 34.1 Å². The molecule has 0 aromatic carbocycles. The zero-order valence-electron chi connectivity index (χ0n) is 13.9. The average molecular weight is 290 g/mol. The molecule has 0 spiro atoms. The van der Waals surface area contributed by atoms with Crippen molar-refractivity contribution >= 4 is 5.91 Å². The lowest BCUT2D eigenvalue weighted by molar-refractivity contribution is -0.132. The van der Waals surface area contributed by atoms with Crippen molar-refractivity contribution in [3.8, 4) is 0 Å². The van der Waals surface area contributed by atoms with Crippen LogP contribution in [0.15, 0.2) is 0 Å². The molecule has 1 aliphatic heterocycles. The molecule has 118 valence electrons. The third kappa shape index (κ3) is 1.85. The lowest BCUT2D eigenvalue weighted by Crippen LogP contribution is -2.44. The Morgan fingerprint density at radius 3 is 2.33 bits per heavy atom. The number of carbonyl (C=O) groups is 1. The lowest BCUT2D eigenvalue weighted by Gasteiger charge is -2.29. The second kappa shape index (κ2) is 4.71. The summed E-state index contributed by atoms with van der Waals surface area (Å²) in [6.45, 7) is 8.92. The van der Waals surface area contributed by atoms with Crippen LogP contribution in [0, 0.1) is 35.5 Å². The molecular formula is C18H30N2O. The van der Waals surface area contributed by atoms with E-state index in [9.17, 15) is 4.79 Å². The smallest absolute Gasteiger partial charge is 0.241 e. The first-order valence-electron chi connectivity index (χ1n) is 9.12. The van der Waals surface area contributed by atoms with Crippen LogP contribution in [-0.2, 0) is 4.79 Å². The van der Waals surface area contributed by atoms with Crippen molar-refractivity contribution in [1.82, 2.24) is 10.2 Å². The highest BCUT2D eigenvalue weighted by molar-refractivity contribution is 5.85. The zero-order valence-corrected chi connectivity index (χ0v) is 13.9. The van der Waals surface area contributed by atoms with E-state index in [1.165, 1.54) is 19.3 Å². The Labute approximate surface area is 128 Å². The van der Waals surface area contributed by atoms with Gasteiger partial charge in [-0.25, -0.2) is 0 Å². The predicted molar refractivity (Wildman–Crippen MR) is 83.4 cm³/mol. The molecule has 1 amide bonds. The number of nitrogens with one attached hydrogen (secondary N) is 1. The summed E-state index contributed by atoms with van der Waals surface area (Å²) in [5.74, 6) is 4.93. The van der Waals surface area contributed by atoms with Crippen LogP contribution >= 0.6 is 0 Å². The van der Waals surface area contributed by atoms with Crippen LogP contribution in [-0.4, -0.2) is 29.1 Å². The van der Waals surface area contributed by atoms with Gasteiger partial charge < -0.3 is 4.90 Å². The Morgan fingerprint density at radius 2 is 1.81 bits per heavy atom. The first-order chi connectivity index (χ1) is 10.0. The molecule has 2 bridgehead atoms.